The van der Waals surface area contributed by atoms with Crippen LogP contribution in [0.3, 0.4) is 0 Å². The Morgan fingerprint density at radius 2 is 1.84 bits per heavy atom. The van der Waals surface area contributed by atoms with Gasteiger partial charge in [-0.15, -0.1) is 0 Å². The lowest BCUT2D eigenvalue weighted by Gasteiger charge is -2.32. The molecule has 3 heteroatoms. The van der Waals surface area contributed by atoms with Crippen LogP contribution in [0.2, 0.25) is 0 Å². The van der Waals surface area contributed by atoms with Crippen LogP contribution in [0.5, 0.6) is 0 Å². The monoisotopic (exact) mass is 263 g/mol. The molecule has 106 valence electrons. The molecule has 0 aliphatic heterocycles. The molecule has 0 heterocycles. The smallest absolute Gasteiger partial charge is 0.125 e. The Balaban J connectivity index is 1.92. The molecule has 1 aliphatic rings. The number of hydrogen-bond donors (Lipinski definition) is 2. The number of nitrogens with two attached hydrogens (primary N) is 1. The maximum absolute atomic E-state index is 10.6. The number of ether oxygens (including phenoxy) is 1. The van der Waals surface area contributed by atoms with Crippen molar-refractivity contribution in [1.29, 1.82) is 0 Å². The fourth-order valence-electron chi connectivity index (χ4n) is 2.66. The molecule has 1 unspecified atom stereocenters. The summed E-state index contributed by atoms with van der Waals surface area (Å²) >= 11 is 0. The van der Waals surface area contributed by atoms with E-state index in [4.69, 9.17) is 10.5 Å². The second-order valence-corrected chi connectivity index (χ2v) is 5.79. The third-order valence-corrected chi connectivity index (χ3v) is 4.17. The summed E-state index contributed by atoms with van der Waals surface area (Å²) in [5, 5.41) is 10.6. The molecule has 2 rings (SSSR count). The third kappa shape index (κ3) is 3.78. The van der Waals surface area contributed by atoms with E-state index in [0.29, 0.717) is 0 Å². The average molecular weight is 263 g/mol. The molecule has 0 amide bonds. The molecule has 19 heavy (non-hydrogen) atoms. The molecule has 1 atom stereocenters. The lowest BCUT2D eigenvalue weighted by atomic mass is 9.88. The summed E-state index contributed by atoms with van der Waals surface area (Å²) in [4.78, 5) is 0. The molecule has 3 N–H and O–H groups in total. The van der Waals surface area contributed by atoms with Gasteiger partial charge in [0.15, 0.2) is 0 Å². The molecular formula is C16H25NO2. The van der Waals surface area contributed by atoms with Crippen molar-refractivity contribution in [3.8, 4) is 0 Å². The Hall–Kier alpha value is -0.900. The van der Waals surface area contributed by atoms with Crippen molar-refractivity contribution < 1.29 is 9.84 Å². The first-order chi connectivity index (χ1) is 9.14. The van der Waals surface area contributed by atoms with Gasteiger partial charge in [-0.1, -0.05) is 37.3 Å². The zero-order valence-electron chi connectivity index (χ0n) is 11.7. The second kappa shape index (κ2) is 6.51. The van der Waals surface area contributed by atoms with Crippen molar-refractivity contribution in [2.75, 3.05) is 13.2 Å². The van der Waals surface area contributed by atoms with E-state index in [2.05, 4.69) is 6.92 Å². The highest BCUT2D eigenvalue weighted by atomic mass is 16.5. The van der Waals surface area contributed by atoms with Crippen LogP contribution in [0.25, 0.3) is 0 Å². The number of benzene rings is 1. The maximum atomic E-state index is 10.6. The molecule has 1 saturated carbocycles. The first-order valence-electron chi connectivity index (χ1n) is 7.23. The lowest BCUT2D eigenvalue weighted by molar-refractivity contribution is -0.0825. The Morgan fingerprint density at radius 3 is 2.42 bits per heavy atom. The van der Waals surface area contributed by atoms with Crippen molar-refractivity contribution >= 4 is 0 Å². The zero-order chi connectivity index (χ0) is 13.7. The number of hydrogen-bond acceptors (Lipinski definition) is 3. The zero-order valence-corrected chi connectivity index (χ0v) is 11.7. The fourth-order valence-corrected chi connectivity index (χ4v) is 2.66. The van der Waals surface area contributed by atoms with E-state index >= 15 is 0 Å². The van der Waals surface area contributed by atoms with E-state index in [9.17, 15) is 5.11 Å². The molecule has 0 bridgehead atoms. The van der Waals surface area contributed by atoms with Crippen LogP contribution in [0, 0.1) is 5.92 Å². The van der Waals surface area contributed by atoms with Gasteiger partial charge in [-0.2, -0.15) is 0 Å². The average Bonchev–Trinajstić information content (AvgIpc) is 2.47. The SMILES string of the molecule is CC1CCC(OCC(O)(CN)c2ccccc2)CC1. The molecular weight excluding hydrogens is 238 g/mol. The summed E-state index contributed by atoms with van der Waals surface area (Å²) in [7, 11) is 0. The Labute approximate surface area is 115 Å². The highest BCUT2D eigenvalue weighted by molar-refractivity contribution is 5.22. The maximum Gasteiger partial charge on any atom is 0.125 e. The van der Waals surface area contributed by atoms with Gasteiger partial charge >= 0.3 is 0 Å². The van der Waals surface area contributed by atoms with Crippen molar-refractivity contribution in [1.82, 2.24) is 0 Å². The van der Waals surface area contributed by atoms with Crippen molar-refractivity contribution in [2.24, 2.45) is 11.7 Å². The van der Waals surface area contributed by atoms with Gasteiger partial charge in [0.05, 0.1) is 12.7 Å². The highest BCUT2D eigenvalue weighted by Gasteiger charge is 2.30. The summed E-state index contributed by atoms with van der Waals surface area (Å²) in [6.07, 6.45) is 4.90. The Bertz CT molecular complexity index is 374. The third-order valence-electron chi connectivity index (χ3n) is 4.17. The lowest BCUT2D eigenvalue weighted by Crippen LogP contribution is -2.41. The minimum Gasteiger partial charge on any atom is -0.381 e. The van der Waals surface area contributed by atoms with E-state index in [1.807, 2.05) is 30.3 Å². The Kier molecular flexibility index (Phi) is 4.97. The summed E-state index contributed by atoms with van der Waals surface area (Å²) < 4.78 is 5.91. The minimum absolute atomic E-state index is 0.181. The van der Waals surface area contributed by atoms with Crippen LogP contribution in [0.1, 0.15) is 38.2 Å². The molecule has 0 spiro atoms. The van der Waals surface area contributed by atoms with Crippen molar-refractivity contribution in [3.63, 3.8) is 0 Å². The van der Waals surface area contributed by atoms with Crippen LogP contribution in [-0.2, 0) is 10.3 Å². The summed E-state index contributed by atoms with van der Waals surface area (Å²) in [5.41, 5.74) is 5.52. The molecule has 1 aliphatic carbocycles. The van der Waals surface area contributed by atoms with Gasteiger partial charge in [0.1, 0.15) is 5.60 Å². The van der Waals surface area contributed by atoms with Gasteiger partial charge < -0.3 is 15.6 Å². The van der Waals surface area contributed by atoms with E-state index in [-0.39, 0.29) is 19.3 Å². The standard InChI is InChI=1S/C16H25NO2/c1-13-7-9-15(10-8-13)19-12-16(18,11-17)14-5-3-2-4-6-14/h2-6,13,15,18H,7-12,17H2,1H3. The second-order valence-electron chi connectivity index (χ2n) is 5.79. The van der Waals surface area contributed by atoms with Gasteiger partial charge in [-0.05, 0) is 37.2 Å². The van der Waals surface area contributed by atoms with Crippen LogP contribution in [0.4, 0.5) is 0 Å². The first kappa shape index (κ1) is 14.5. The largest absolute Gasteiger partial charge is 0.381 e. The predicted octanol–water partition coefficient (Wildman–Crippen LogP) is 2.43. The van der Waals surface area contributed by atoms with Crippen LogP contribution in [0.15, 0.2) is 30.3 Å². The van der Waals surface area contributed by atoms with Gasteiger partial charge in [0, 0.05) is 6.54 Å². The number of aliphatic hydroxyl groups is 1. The molecule has 0 saturated heterocycles. The summed E-state index contributed by atoms with van der Waals surface area (Å²) in [6, 6.07) is 9.57. The van der Waals surface area contributed by atoms with Gasteiger partial charge in [-0.25, -0.2) is 0 Å². The quantitative estimate of drug-likeness (QED) is 0.858. The topological polar surface area (TPSA) is 55.5 Å². The van der Waals surface area contributed by atoms with Crippen molar-refractivity contribution in [3.05, 3.63) is 35.9 Å². The Morgan fingerprint density at radius 1 is 1.21 bits per heavy atom. The minimum atomic E-state index is -1.07. The van der Waals surface area contributed by atoms with E-state index in [0.717, 1.165) is 24.3 Å². The summed E-state index contributed by atoms with van der Waals surface area (Å²) in [6.45, 7) is 2.75. The normalized spacial score (nSPS) is 26.9. The highest BCUT2D eigenvalue weighted by Crippen LogP contribution is 2.28. The predicted molar refractivity (Wildman–Crippen MR) is 76.8 cm³/mol. The summed E-state index contributed by atoms with van der Waals surface area (Å²) in [5.74, 6) is 0.808. The van der Waals surface area contributed by atoms with E-state index < -0.39 is 5.60 Å². The van der Waals surface area contributed by atoms with Crippen LogP contribution >= 0.6 is 0 Å². The van der Waals surface area contributed by atoms with E-state index in [1.165, 1.54) is 12.8 Å². The van der Waals surface area contributed by atoms with Gasteiger partial charge in [-0.3, -0.25) is 0 Å². The molecule has 3 nitrogen and oxygen atoms in total. The molecule has 1 aromatic carbocycles. The van der Waals surface area contributed by atoms with Crippen LogP contribution in [-0.4, -0.2) is 24.4 Å². The van der Waals surface area contributed by atoms with Gasteiger partial charge in [0.2, 0.25) is 0 Å². The molecule has 1 fully saturated rings. The molecule has 1 aromatic rings. The molecule has 0 radical (unpaired) electrons. The first-order valence-corrected chi connectivity index (χ1v) is 7.23. The molecule has 0 aromatic heterocycles. The van der Waals surface area contributed by atoms with Gasteiger partial charge in [0.25, 0.3) is 0 Å². The fraction of sp³-hybridized carbons (Fsp3) is 0.625. The number of rotatable bonds is 5. The van der Waals surface area contributed by atoms with Crippen LogP contribution < -0.4 is 5.73 Å². The van der Waals surface area contributed by atoms with E-state index in [1.54, 1.807) is 0 Å². The van der Waals surface area contributed by atoms with Crippen molar-refractivity contribution in [2.45, 2.75) is 44.3 Å².